The molecule has 0 saturated carbocycles. The summed E-state index contributed by atoms with van der Waals surface area (Å²) in [7, 11) is 0. The van der Waals surface area contributed by atoms with Gasteiger partial charge in [0.15, 0.2) is 6.61 Å². The number of fused-ring (bicyclic) bond motifs is 2. The number of hydrogen-bond acceptors (Lipinski definition) is 7. The SMILES string of the molecule is O=C(OCc1nnc(-c2ccccc2)o1)c1c2c(nc3ccccc13)C(=Cc1ccco1)CCC2. The van der Waals surface area contributed by atoms with E-state index in [9.17, 15) is 4.79 Å². The monoisotopic (exact) mass is 463 g/mol. The summed E-state index contributed by atoms with van der Waals surface area (Å²) in [6.45, 7) is -0.112. The number of ether oxygens (including phenoxy) is 1. The molecule has 0 fully saturated rings. The third kappa shape index (κ3) is 4.12. The number of furan rings is 1. The first-order valence-electron chi connectivity index (χ1n) is 11.5. The van der Waals surface area contributed by atoms with Crippen molar-refractivity contribution < 1.29 is 18.4 Å². The minimum atomic E-state index is -0.432. The highest BCUT2D eigenvalue weighted by molar-refractivity contribution is 6.06. The Hall–Kier alpha value is -4.52. The Balaban J connectivity index is 1.34. The molecule has 0 atom stereocenters. The molecule has 0 unspecified atom stereocenters. The van der Waals surface area contributed by atoms with Gasteiger partial charge in [-0.2, -0.15) is 0 Å². The second kappa shape index (κ2) is 9.02. The number of pyridine rings is 1. The van der Waals surface area contributed by atoms with E-state index in [0.29, 0.717) is 11.5 Å². The average molecular weight is 463 g/mol. The quantitative estimate of drug-likeness (QED) is 0.290. The third-order valence-electron chi connectivity index (χ3n) is 6.05. The van der Waals surface area contributed by atoms with Gasteiger partial charge in [-0.3, -0.25) is 0 Å². The van der Waals surface area contributed by atoms with Gasteiger partial charge in [0, 0.05) is 10.9 Å². The number of para-hydroxylation sites is 1. The van der Waals surface area contributed by atoms with Crippen LogP contribution < -0.4 is 0 Å². The molecule has 6 rings (SSSR count). The molecule has 2 aromatic carbocycles. The summed E-state index contributed by atoms with van der Waals surface area (Å²) in [5.74, 6) is 0.954. The smallest absolute Gasteiger partial charge is 0.339 e. The number of rotatable bonds is 5. The van der Waals surface area contributed by atoms with Crippen molar-refractivity contribution in [3.05, 3.63) is 101 Å². The Morgan fingerprint density at radius 2 is 1.83 bits per heavy atom. The van der Waals surface area contributed by atoms with Crippen LogP contribution in [0.5, 0.6) is 0 Å². The molecule has 0 N–H and O–H groups in total. The van der Waals surface area contributed by atoms with Gasteiger partial charge >= 0.3 is 5.97 Å². The Bertz CT molecular complexity index is 1540. The van der Waals surface area contributed by atoms with Gasteiger partial charge in [-0.15, -0.1) is 10.2 Å². The van der Waals surface area contributed by atoms with Crippen LogP contribution in [0.3, 0.4) is 0 Å². The fourth-order valence-electron chi connectivity index (χ4n) is 4.46. The molecule has 172 valence electrons. The van der Waals surface area contributed by atoms with E-state index in [1.807, 2.05) is 72.8 Å². The van der Waals surface area contributed by atoms with Crippen LogP contribution in [-0.4, -0.2) is 21.2 Å². The molecular weight excluding hydrogens is 442 g/mol. The Morgan fingerprint density at radius 3 is 2.69 bits per heavy atom. The molecule has 0 aliphatic heterocycles. The molecule has 35 heavy (non-hydrogen) atoms. The van der Waals surface area contributed by atoms with Gasteiger partial charge < -0.3 is 13.6 Å². The first-order chi connectivity index (χ1) is 17.3. The molecule has 0 amide bonds. The average Bonchev–Trinajstić information content (AvgIpc) is 3.59. The van der Waals surface area contributed by atoms with Crippen molar-refractivity contribution in [2.24, 2.45) is 0 Å². The molecule has 1 aliphatic rings. The van der Waals surface area contributed by atoms with Gasteiger partial charge in [-0.1, -0.05) is 36.4 Å². The molecule has 5 aromatic rings. The van der Waals surface area contributed by atoms with Crippen molar-refractivity contribution >= 4 is 28.5 Å². The van der Waals surface area contributed by atoms with Crippen LogP contribution in [0.4, 0.5) is 0 Å². The maximum Gasteiger partial charge on any atom is 0.339 e. The first kappa shape index (κ1) is 21.0. The summed E-state index contributed by atoms with van der Waals surface area (Å²) in [6, 6.07) is 20.9. The lowest BCUT2D eigenvalue weighted by Gasteiger charge is -2.22. The van der Waals surface area contributed by atoms with Crippen molar-refractivity contribution in [1.29, 1.82) is 0 Å². The summed E-state index contributed by atoms with van der Waals surface area (Å²) in [6.07, 6.45) is 6.15. The molecule has 0 spiro atoms. The number of esters is 1. The number of carbonyl (C=O) groups excluding carboxylic acids is 1. The molecule has 7 nitrogen and oxygen atoms in total. The second-order valence-corrected chi connectivity index (χ2v) is 8.31. The number of nitrogens with zero attached hydrogens (tertiary/aromatic N) is 3. The second-order valence-electron chi connectivity index (χ2n) is 8.31. The normalized spacial score (nSPS) is 14.2. The fraction of sp³-hybridized carbons (Fsp3) is 0.143. The van der Waals surface area contributed by atoms with Gasteiger partial charge in [-0.05, 0) is 66.8 Å². The topological polar surface area (TPSA) is 91.2 Å². The maximum atomic E-state index is 13.4. The van der Waals surface area contributed by atoms with E-state index < -0.39 is 5.97 Å². The van der Waals surface area contributed by atoms with E-state index >= 15 is 0 Å². The molecule has 0 saturated heterocycles. The van der Waals surface area contributed by atoms with Crippen LogP contribution in [0.15, 0.2) is 81.8 Å². The van der Waals surface area contributed by atoms with Crippen molar-refractivity contribution in [1.82, 2.24) is 15.2 Å². The number of benzene rings is 2. The van der Waals surface area contributed by atoms with E-state index in [4.69, 9.17) is 18.6 Å². The van der Waals surface area contributed by atoms with Gasteiger partial charge in [0.1, 0.15) is 5.76 Å². The van der Waals surface area contributed by atoms with Crippen LogP contribution in [-0.2, 0) is 17.8 Å². The lowest BCUT2D eigenvalue weighted by atomic mass is 9.86. The summed E-state index contributed by atoms with van der Waals surface area (Å²) < 4.78 is 16.9. The van der Waals surface area contributed by atoms with Crippen LogP contribution >= 0.6 is 0 Å². The van der Waals surface area contributed by atoms with Crippen LogP contribution in [0.1, 0.15) is 46.1 Å². The third-order valence-corrected chi connectivity index (χ3v) is 6.05. The molecule has 0 radical (unpaired) electrons. The van der Waals surface area contributed by atoms with Gasteiger partial charge in [0.25, 0.3) is 5.89 Å². The van der Waals surface area contributed by atoms with Crippen LogP contribution in [0.25, 0.3) is 34.0 Å². The lowest BCUT2D eigenvalue weighted by Crippen LogP contribution is -2.15. The van der Waals surface area contributed by atoms with E-state index in [1.165, 1.54) is 0 Å². The van der Waals surface area contributed by atoms with Crippen LogP contribution in [0.2, 0.25) is 0 Å². The van der Waals surface area contributed by atoms with Crippen molar-refractivity contribution in [3.8, 4) is 11.5 Å². The minimum Gasteiger partial charge on any atom is -0.465 e. The number of allylic oxidation sites excluding steroid dienone is 1. The Labute approximate surface area is 201 Å². The highest BCUT2D eigenvalue weighted by Crippen LogP contribution is 2.36. The zero-order chi connectivity index (χ0) is 23.6. The van der Waals surface area contributed by atoms with Crippen molar-refractivity contribution in [2.45, 2.75) is 25.9 Å². The Morgan fingerprint density at radius 1 is 0.971 bits per heavy atom. The highest BCUT2D eigenvalue weighted by Gasteiger charge is 2.26. The molecule has 7 heteroatoms. The highest BCUT2D eigenvalue weighted by atomic mass is 16.5. The summed E-state index contributed by atoms with van der Waals surface area (Å²) in [4.78, 5) is 18.3. The van der Waals surface area contributed by atoms with Crippen molar-refractivity contribution in [2.75, 3.05) is 0 Å². The van der Waals surface area contributed by atoms with E-state index in [-0.39, 0.29) is 12.5 Å². The van der Waals surface area contributed by atoms with Gasteiger partial charge in [-0.25, -0.2) is 9.78 Å². The predicted molar refractivity (Wildman–Crippen MR) is 130 cm³/mol. The number of aromatic nitrogens is 3. The largest absolute Gasteiger partial charge is 0.465 e. The van der Waals surface area contributed by atoms with E-state index in [2.05, 4.69) is 10.2 Å². The zero-order valence-electron chi connectivity index (χ0n) is 18.8. The van der Waals surface area contributed by atoms with Gasteiger partial charge in [0.2, 0.25) is 5.89 Å². The van der Waals surface area contributed by atoms with Crippen molar-refractivity contribution in [3.63, 3.8) is 0 Å². The fourth-order valence-corrected chi connectivity index (χ4v) is 4.46. The lowest BCUT2D eigenvalue weighted by molar-refractivity contribution is 0.0439. The van der Waals surface area contributed by atoms with E-state index in [0.717, 1.165) is 58.3 Å². The number of carbonyl (C=O) groups is 1. The molecule has 3 heterocycles. The number of hydrogen-bond donors (Lipinski definition) is 0. The molecule has 1 aliphatic carbocycles. The Kier molecular flexibility index (Phi) is 5.42. The van der Waals surface area contributed by atoms with Gasteiger partial charge in [0.05, 0.1) is 23.0 Å². The maximum absolute atomic E-state index is 13.4. The molecule has 3 aromatic heterocycles. The van der Waals surface area contributed by atoms with Crippen LogP contribution in [0, 0.1) is 0 Å². The zero-order valence-corrected chi connectivity index (χ0v) is 18.8. The summed E-state index contributed by atoms with van der Waals surface area (Å²) in [5, 5.41) is 8.87. The summed E-state index contributed by atoms with van der Waals surface area (Å²) >= 11 is 0. The molecular formula is C28H21N3O4. The minimum absolute atomic E-state index is 0.112. The van der Waals surface area contributed by atoms with E-state index in [1.54, 1.807) is 6.26 Å². The first-order valence-corrected chi connectivity index (χ1v) is 11.5. The molecule has 0 bridgehead atoms. The summed E-state index contributed by atoms with van der Waals surface area (Å²) in [5.41, 5.74) is 4.86. The predicted octanol–water partition coefficient (Wildman–Crippen LogP) is 6.11. The standard InChI is InChI=1S/C28H21N3O4/c32-28(34-17-24-30-31-27(35-24)18-8-2-1-3-9-18)25-21-12-4-5-14-23(21)29-26-19(10-6-13-22(25)26)16-20-11-7-15-33-20/h1-5,7-9,11-12,14-16H,6,10,13,17H2.